The molecule has 0 unspecified atom stereocenters. The Morgan fingerprint density at radius 2 is 2.00 bits per heavy atom. The first-order chi connectivity index (χ1) is 9.32. The molecule has 0 radical (unpaired) electrons. The van der Waals surface area contributed by atoms with E-state index in [9.17, 15) is 14.4 Å². The van der Waals surface area contributed by atoms with E-state index in [-0.39, 0.29) is 19.0 Å². The zero-order chi connectivity index (χ0) is 15.3. The van der Waals surface area contributed by atoms with Crippen LogP contribution in [0.3, 0.4) is 0 Å². The van der Waals surface area contributed by atoms with Gasteiger partial charge in [-0.25, -0.2) is 4.68 Å². The van der Waals surface area contributed by atoms with Gasteiger partial charge in [-0.05, 0) is 20.8 Å². The molecular weight excluding hydrogens is 264 g/mol. The fourth-order valence-corrected chi connectivity index (χ4v) is 1.41. The van der Waals surface area contributed by atoms with Crippen molar-refractivity contribution in [2.75, 3.05) is 13.7 Å². The minimum absolute atomic E-state index is 0.187. The number of ketones is 1. The fraction of sp³-hybridized carbons (Fsp3) is 0.538. The van der Waals surface area contributed by atoms with Crippen LogP contribution in [0.25, 0.3) is 0 Å². The second-order valence-corrected chi connectivity index (χ2v) is 4.64. The molecule has 0 atom stereocenters. The molecule has 7 nitrogen and oxygen atoms in total. The minimum Gasteiger partial charge on any atom is -0.480 e. The van der Waals surface area contributed by atoms with Gasteiger partial charge in [0.05, 0.1) is 13.7 Å². The van der Waals surface area contributed by atoms with E-state index in [1.54, 1.807) is 6.92 Å². The number of carbonyl (C=O) groups excluding carboxylic acids is 2. The molecule has 0 aromatic carbocycles. The number of esters is 1. The Bertz CT molecular complexity index is 562. The average Bonchev–Trinajstić information content (AvgIpc) is 2.41. The third kappa shape index (κ3) is 3.43. The first kappa shape index (κ1) is 15.9. The Morgan fingerprint density at radius 1 is 1.35 bits per heavy atom. The van der Waals surface area contributed by atoms with Gasteiger partial charge in [-0.15, -0.1) is 5.10 Å². The van der Waals surface area contributed by atoms with Crippen molar-refractivity contribution in [3.63, 3.8) is 0 Å². The van der Waals surface area contributed by atoms with Crippen LogP contribution in [0.4, 0.5) is 0 Å². The van der Waals surface area contributed by atoms with Gasteiger partial charge in [0.15, 0.2) is 5.78 Å². The molecule has 0 saturated heterocycles. The van der Waals surface area contributed by atoms with Gasteiger partial charge < -0.3 is 9.47 Å². The summed E-state index contributed by atoms with van der Waals surface area (Å²) in [7, 11) is 1.40. The zero-order valence-corrected chi connectivity index (χ0v) is 12.0. The highest BCUT2D eigenvalue weighted by Gasteiger charge is 2.37. The topological polar surface area (TPSA) is 87.5 Å². The Balaban J connectivity index is 2.95. The van der Waals surface area contributed by atoms with E-state index in [0.29, 0.717) is 0 Å². The van der Waals surface area contributed by atoms with Crippen molar-refractivity contribution in [3.8, 4) is 5.88 Å². The fourth-order valence-electron chi connectivity index (χ4n) is 1.41. The highest BCUT2D eigenvalue weighted by atomic mass is 16.5. The van der Waals surface area contributed by atoms with Crippen LogP contribution < -0.4 is 10.3 Å². The van der Waals surface area contributed by atoms with Gasteiger partial charge in [0.1, 0.15) is 12.0 Å². The molecule has 0 aliphatic carbocycles. The lowest BCUT2D eigenvalue weighted by Gasteiger charge is -2.20. The Hall–Kier alpha value is -2.18. The summed E-state index contributed by atoms with van der Waals surface area (Å²) in [5, 5.41) is 3.86. The van der Waals surface area contributed by atoms with Crippen molar-refractivity contribution in [2.24, 2.45) is 5.41 Å². The molecule has 0 saturated carbocycles. The molecule has 0 amide bonds. The van der Waals surface area contributed by atoms with E-state index < -0.39 is 22.7 Å². The summed E-state index contributed by atoms with van der Waals surface area (Å²) in [6.45, 7) is 4.44. The molecule has 110 valence electrons. The molecule has 1 heterocycles. The maximum absolute atomic E-state index is 12.2. The SMILES string of the molecule is CCOC(=O)C(C)(C)C(=O)Cn1nc(OC)ccc1=O. The average molecular weight is 282 g/mol. The van der Waals surface area contributed by atoms with Crippen molar-refractivity contribution in [2.45, 2.75) is 27.3 Å². The number of Topliss-reactive ketones (excluding diaryl/α,β-unsaturated/α-hetero) is 1. The lowest BCUT2D eigenvalue weighted by molar-refractivity contribution is -0.158. The van der Waals surface area contributed by atoms with Crippen LogP contribution in [0.1, 0.15) is 20.8 Å². The summed E-state index contributed by atoms with van der Waals surface area (Å²) in [4.78, 5) is 35.5. The summed E-state index contributed by atoms with van der Waals surface area (Å²) in [5.74, 6) is -0.869. The van der Waals surface area contributed by atoms with Crippen molar-refractivity contribution in [3.05, 3.63) is 22.5 Å². The molecular formula is C13H18N2O5. The van der Waals surface area contributed by atoms with Gasteiger partial charge in [-0.3, -0.25) is 14.4 Å². The van der Waals surface area contributed by atoms with Gasteiger partial charge in [0.25, 0.3) is 5.56 Å². The second kappa shape index (κ2) is 6.31. The Morgan fingerprint density at radius 3 is 2.55 bits per heavy atom. The molecule has 1 aromatic heterocycles. The number of hydrogen-bond donors (Lipinski definition) is 0. The van der Waals surface area contributed by atoms with Gasteiger partial charge in [-0.1, -0.05) is 0 Å². The van der Waals surface area contributed by atoms with Gasteiger partial charge in [0.2, 0.25) is 5.88 Å². The molecule has 0 bridgehead atoms. The molecule has 0 spiro atoms. The highest BCUT2D eigenvalue weighted by Crippen LogP contribution is 2.19. The lowest BCUT2D eigenvalue weighted by atomic mass is 9.88. The van der Waals surface area contributed by atoms with Crippen molar-refractivity contribution < 1.29 is 19.1 Å². The minimum atomic E-state index is -1.33. The van der Waals surface area contributed by atoms with Crippen LogP contribution in [0, 0.1) is 5.41 Å². The van der Waals surface area contributed by atoms with E-state index in [0.717, 1.165) is 4.68 Å². The monoisotopic (exact) mass is 282 g/mol. The van der Waals surface area contributed by atoms with E-state index in [4.69, 9.17) is 9.47 Å². The number of rotatable bonds is 6. The van der Waals surface area contributed by atoms with Gasteiger partial charge in [-0.2, -0.15) is 0 Å². The zero-order valence-electron chi connectivity index (χ0n) is 12.0. The van der Waals surface area contributed by atoms with Crippen LogP contribution in [0.15, 0.2) is 16.9 Å². The van der Waals surface area contributed by atoms with E-state index in [1.807, 2.05) is 0 Å². The van der Waals surface area contributed by atoms with Gasteiger partial charge in [0, 0.05) is 12.1 Å². The molecule has 7 heteroatoms. The van der Waals surface area contributed by atoms with Crippen molar-refractivity contribution in [1.82, 2.24) is 9.78 Å². The molecule has 1 aromatic rings. The summed E-state index contributed by atoms with van der Waals surface area (Å²) < 4.78 is 10.7. The molecule has 1 rings (SSSR count). The Kier molecular flexibility index (Phi) is 5.01. The largest absolute Gasteiger partial charge is 0.480 e. The van der Waals surface area contributed by atoms with E-state index in [2.05, 4.69) is 5.10 Å². The second-order valence-electron chi connectivity index (χ2n) is 4.64. The molecule has 0 aliphatic rings. The first-order valence-electron chi connectivity index (χ1n) is 6.15. The number of aromatic nitrogens is 2. The van der Waals surface area contributed by atoms with Crippen molar-refractivity contribution in [1.29, 1.82) is 0 Å². The molecule has 0 N–H and O–H groups in total. The molecule has 20 heavy (non-hydrogen) atoms. The third-order valence-electron chi connectivity index (χ3n) is 2.83. The summed E-state index contributed by atoms with van der Waals surface area (Å²) in [5.41, 5.74) is -1.78. The smallest absolute Gasteiger partial charge is 0.319 e. The summed E-state index contributed by atoms with van der Waals surface area (Å²) >= 11 is 0. The van der Waals surface area contributed by atoms with Crippen LogP contribution in [0.5, 0.6) is 5.88 Å². The predicted molar refractivity (Wildman–Crippen MR) is 70.5 cm³/mol. The first-order valence-corrected chi connectivity index (χ1v) is 6.15. The number of methoxy groups -OCH3 is 1. The summed E-state index contributed by atoms with van der Waals surface area (Å²) in [6.07, 6.45) is 0. The van der Waals surface area contributed by atoms with Crippen LogP contribution in [-0.4, -0.2) is 35.2 Å². The van der Waals surface area contributed by atoms with Crippen LogP contribution in [-0.2, 0) is 20.9 Å². The lowest BCUT2D eigenvalue weighted by Crippen LogP contribution is -2.39. The maximum Gasteiger partial charge on any atom is 0.319 e. The number of ether oxygens (including phenoxy) is 2. The highest BCUT2D eigenvalue weighted by molar-refractivity contribution is 6.02. The third-order valence-corrected chi connectivity index (χ3v) is 2.83. The van der Waals surface area contributed by atoms with E-state index in [1.165, 1.54) is 33.1 Å². The molecule has 0 fully saturated rings. The van der Waals surface area contributed by atoms with Crippen molar-refractivity contribution >= 4 is 11.8 Å². The number of nitrogens with zero attached hydrogens (tertiary/aromatic N) is 2. The van der Waals surface area contributed by atoms with Gasteiger partial charge >= 0.3 is 5.97 Å². The predicted octanol–water partition coefficient (Wildman–Crippen LogP) is 0.410. The number of carbonyl (C=O) groups is 2. The number of hydrogen-bond acceptors (Lipinski definition) is 6. The quantitative estimate of drug-likeness (QED) is 0.555. The summed E-state index contributed by atoms with van der Waals surface area (Å²) in [6, 6.07) is 2.65. The Labute approximate surface area is 116 Å². The normalized spacial score (nSPS) is 11.0. The van der Waals surface area contributed by atoms with Crippen LogP contribution >= 0.6 is 0 Å². The maximum atomic E-state index is 12.2. The standard InChI is InChI=1S/C13H18N2O5/c1-5-20-12(18)13(2,3)9(16)8-15-11(17)7-6-10(14-15)19-4/h6-7H,5,8H2,1-4H3. The van der Waals surface area contributed by atoms with Crippen LogP contribution in [0.2, 0.25) is 0 Å². The van der Waals surface area contributed by atoms with E-state index >= 15 is 0 Å². The molecule has 0 aliphatic heterocycles.